The molecule has 0 amide bonds. The van der Waals surface area contributed by atoms with Crippen molar-refractivity contribution in [2.45, 2.75) is 46.1 Å². The van der Waals surface area contributed by atoms with Gasteiger partial charge in [0.1, 0.15) is 0 Å². The molecule has 2 nitrogen and oxygen atoms in total. The molecule has 2 rings (SSSR count). The van der Waals surface area contributed by atoms with Crippen LogP contribution in [0.3, 0.4) is 0 Å². The molecule has 112 valence electrons. The van der Waals surface area contributed by atoms with Crippen molar-refractivity contribution in [3.8, 4) is 0 Å². The molecule has 1 aromatic rings. The Labute approximate surface area is 124 Å². The second-order valence-corrected chi connectivity index (χ2v) is 6.59. The summed E-state index contributed by atoms with van der Waals surface area (Å²) in [5.74, 6) is 0. The molecule has 1 N–H and O–H groups in total. The minimum Gasteiger partial charge on any atom is -0.316 e. The van der Waals surface area contributed by atoms with Gasteiger partial charge in [-0.1, -0.05) is 44.0 Å². The van der Waals surface area contributed by atoms with Gasteiger partial charge in [-0.25, -0.2) is 0 Å². The first-order chi connectivity index (χ1) is 9.65. The van der Waals surface area contributed by atoms with E-state index < -0.39 is 0 Å². The third-order valence-electron chi connectivity index (χ3n) is 4.72. The first-order valence-electron chi connectivity index (χ1n) is 8.09. The van der Waals surface area contributed by atoms with Gasteiger partial charge in [-0.3, -0.25) is 0 Å². The van der Waals surface area contributed by atoms with Crippen molar-refractivity contribution in [2.75, 3.05) is 26.7 Å². The van der Waals surface area contributed by atoms with E-state index in [9.17, 15) is 0 Å². The van der Waals surface area contributed by atoms with Gasteiger partial charge in [0.25, 0.3) is 0 Å². The summed E-state index contributed by atoms with van der Waals surface area (Å²) < 4.78 is 0. The van der Waals surface area contributed by atoms with Gasteiger partial charge in [-0.15, -0.1) is 0 Å². The Bertz CT molecular complexity index is 408. The third-order valence-corrected chi connectivity index (χ3v) is 4.72. The minimum absolute atomic E-state index is 0.507. The Morgan fingerprint density at radius 2 is 1.90 bits per heavy atom. The Morgan fingerprint density at radius 1 is 1.20 bits per heavy atom. The number of benzene rings is 1. The van der Waals surface area contributed by atoms with Gasteiger partial charge in [0.15, 0.2) is 0 Å². The fourth-order valence-corrected chi connectivity index (χ4v) is 3.61. The molecule has 0 radical (unpaired) electrons. The van der Waals surface area contributed by atoms with Crippen molar-refractivity contribution >= 4 is 0 Å². The van der Waals surface area contributed by atoms with Crippen LogP contribution in [0.15, 0.2) is 24.3 Å². The molecule has 1 saturated carbocycles. The highest BCUT2D eigenvalue weighted by Gasteiger charge is 2.34. The van der Waals surface area contributed by atoms with Crippen molar-refractivity contribution in [1.29, 1.82) is 0 Å². The first-order valence-corrected chi connectivity index (χ1v) is 8.09. The summed E-state index contributed by atoms with van der Waals surface area (Å²) in [5.41, 5.74) is 3.38. The second kappa shape index (κ2) is 7.24. The molecule has 0 aromatic heterocycles. The van der Waals surface area contributed by atoms with Crippen LogP contribution in [0, 0.1) is 12.3 Å². The average molecular weight is 274 g/mol. The molecule has 1 aromatic carbocycles. The second-order valence-electron chi connectivity index (χ2n) is 6.59. The van der Waals surface area contributed by atoms with Gasteiger partial charge in [-0.2, -0.15) is 0 Å². The number of hydrogen-bond donors (Lipinski definition) is 1. The van der Waals surface area contributed by atoms with E-state index in [-0.39, 0.29) is 0 Å². The SMILES string of the molecule is CCNCC1(CN(C)Cc2ccccc2C)CCCC1. The van der Waals surface area contributed by atoms with Gasteiger partial charge in [0.05, 0.1) is 0 Å². The van der Waals surface area contributed by atoms with Crippen molar-refractivity contribution in [3.63, 3.8) is 0 Å². The lowest BCUT2D eigenvalue weighted by Gasteiger charge is -2.34. The van der Waals surface area contributed by atoms with E-state index in [1.54, 1.807) is 0 Å². The van der Waals surface area contributed by atoms with E-state index in [0.717, 1.165) is 13.1 Å². The molecule has 0 aliphatic heterocycles. The Kier molecular flexibility index (Phi) is 5.62. The Morgan fingerprint density at radius 3 is 2.55 bits per heavy atom. The maximum Gasteiger partial charge on any atom is 0.0233 e. The summed E-state index contributed by atoms with van der Waals surface area (Å²) >= 11 is 0. The molecule has 1 aliphatic carbocycles. The lowest BCUT2D eigenvalue weighted by atomic mass is 9.85. The van der Waals surface area contributed by atoms with E-state index in [2.05, 4.69) is 55.4 Å². The summed E-state index contributed by atoms with van der Waals surface area (Å²) in [7, 11) is 2.28. The van der Waals surface area contributed by atoms with Gasteiger partial charge in [0, 0.05) is 19.6 Å². The normalized spacial score (nSPS) is 17.8. The largest absolute Gasteiger partial charge is 0.316 e. The zero-order valence-corrected chi connectivity index (χ0v) is 13.4. The van der Waals surface area contributed by atoms with E-state index in [1.807, 2.05) is 0 Å². The van der Waals surface area contributed by atoms with E-state index in [4.69, 9.17) is 0 Å². The molecule has 1 fully saturated rings. The summed E-state index contributed by atoms with van der Waals surface area (Å²) in [6, 6.07) is 8.76. The van der Waals surface area contributed by atoms with Crippen LogP contribution in [0.25, 0.3) is 0 Å². The quantitative estimate of drug-likeness (QED) is 0.817. The lowest BCUT2D eigenvalue weighted by Crippen LogP contribution is -2.41. The topological polar surface area (TPSA) is 15.3 Å². The smallest absolute Gasteiger partial charge is 0.0233 e. The fraction of sp³-hybridized carbons (Fsp3) is 0.667. The lowest BCUT2D eigenvalue weighted by molar-refractivity contribution is 0.168. The average Bonchev–Trinajstić information content (AvgIpc) is 2.88. The number of nitrogens with one attached hydrogen (secondary N) is 1. The maximum atomic E-state index is 3.58. The molecule has 0 unspecified atom stereocenters. The molecule has 0 spiro atoms. The van der Waals surface area contributed by atoms with Gasteiger partial charge in [0.2, 0.25) is 0 Å². The van der Waals surface area contributed by atoms with Crippen LogP contribution in [0.2, 0.25) is 0 Å². The number of aryl methyl sites for hydroxylation is 1. The van der Waals surface area contributed by atoms with Crippen LogP contribution in [0.1, 0.15) is 43.7 Å². The third kappa shape index (κ3) is 4.07. The first kappa shape index (κ1) is 15.5. The molecule has 0 atom stereocenters. The van der Waals surface area contributed by atoms with Gasteiger partial charge in [-0.05, 0) is 49.9 Å². The van der Waals surface area contributed by atoms with Crippen LogP contribution >= 0.6 is 0 Å². The summed E-state index contributed by atoms with van der Waals surface area (Å²) in [6.07, 6.45) is 5.59. The number of hydrogen-bond acceptors (Lipinski definition) is 2. The molecular weight excluding hydrogens is 244 g/mol. The molecule has 2 heteroatoms. The maximum absolute atomic E-state index is 3.58. The predicted octanol–water partition coefficient (Wildman–Crippen LogP) is 3.60. The zero-order chi connectivity index (χ0) is 14.4. The van der Waals surface area contributed by atoms with Crippen molar-refractivity contribution in [3.05, 3.63) is 35.4 Å². The molecule has 0 bridgehead atoms. The van der Waals surface area contributed by atoms with E-state index in [1.165, 1.54) is 49.9 Å². The summed E-state index contributed by atoms with van der Waals surface area (Å²) in [4.78, 5) is 2.52. The predicted molar refractivity (Wildman–Crippen MR) is 87.0 cm³/mol. The van der Waals surface area contributed by atoms with Crippen LogP contribution in [-0.2, 0) is 6.54 Å². The molecule has 20 heavy (non-hydrogen) atoms. The molecule has 0 heterocycles. The highest BCUT2D eigenvalue weighted by atomic mass is 15.1. The summed E-state index contributed by atoms with van der Waals surface area (Å²) in [5, 5.41) is 3.58. The van der Waals surface area contributed by atoms with Crippen LogP contribution in [0.4, 0.5) is 0 Å². The highest BCUT2D eigenvalue weighted by Crippen LogP contribution is 2.38. The summed E-state index contributed by atoms with van der Waals surface area (Å²) in [6.45, 7) is 8.98. The Hall–Kier alpha value is -0.860. The van der Waals surface area contributed by atoms with Crippen LogP contribution in [-0.4, -0.2) is 31.6 Å². The van der Waals surface area contributed by atoms with Crippen molar-refractivity contribution in [1.82, 2.24) is 10.2 Å². The molecule has 1 aliphatic rings. The number of rotatable bonds is 7. The molecular formula is C18H30N2. The molecule has 0 saturated heterocycles. The number of nitrogens with zero attached hydrogens (tertiary/aromatic N) is 1. The van der Waals surface area contributed by atoms with Crippen LogP contribution < -0.4 is 5.32 Å². The highest BCUT2D eigenvalue weighted by molar-refractivity contribution is 5.25. The van der Waals surface area contributed by atoms with Crippen molar-refractivity contribution in [2.24, 2.45) is 5.41 Å². The monoisotopic (exact) mass is 274 g/mol. The fourth-order valence-electron chi connectivity index (χ4n) is 3.61. The van der Waals surface area contributed by atoms with E-state index in [0.29, 0.717) is 5.41 Å². The Balaban J connectivity index is 1.95. The standard InChI is InChI=1S/C18H30N2/c1-4-19-14-18(11-7-8-12-18)15-20(3)13-17-10-6-5-9-16(17)2/h5-6,9-10,19H,4,7-8,11-15H2,1-3H3. The van der Waals surface area contributed by atoms with Crippen molar-refractivity contribution < 1.29 is 0 Å². The van der Waals surface area contributed by atoms with E-state index >= 15 is 0 Å². The minimum atomic E-state index is 0.507. The van der Waals surface area contributed by atoms with Gasteiger partial charge < -0.3 is 10.2 Å². The zero-order valence-electron chi connectivity index (χ0n) is 13.4. The van der Waals surface area contributed by atoms with Crippen LogP contribution in [0.5, 0.6) is 0 Å². The van der Waals surface area contributed by atoms with Gasteiger partial charge >= 0.3 is 0 Å².